The third-order valence-electron chi connectivity index (χ3n) is 3.69. The first-order chi connectivity index (χ1) is 7.95. The van der Waals surface area contributed by atoms with Gasteiger partial charge >= 0.3 is 0 Å². The van der Waals surface area contributed by atoms with Crippen LogP contribution in [0.2, 0.25) is 0 Å². The predicted octanol–water partition coefficient (Wildman–Crippen LogP) is 3.01. The maximum absolute atomic E-state index is 5.94. The van der Waals surface area contributed by atoms with Gasteiger partial charge in [0.25, 0.3) is 0 Å². The van der Waals surface area contributed by atoms with Gasteiger partial charge in [0.2, 0.25) is 0 Å². The van der Waals surface area contributed by atoms with Gasteiger partial charge in [0.1, 0.15) is 17.1 Å². The SMILES string of the molecule is c1ccc([S+]2CCOC3CCCCC32)cc1. The van der Waals surface area contributed by atoms with Crippen molar-refractivity contribution in [1.29, 1.82) is 0 Å². The molecular formula is C14H19OS+. The lowest BCUT2D eigenvalue weighted by atomic mass is 9.97. The van der Waals surface area contributed by atoms with Crippen LogP contribution in [-0.4, -0.2) is 23.7 Å². The Morgan fingerprint density at radius 2 is 1.88 bits per heavy atom. The molecule has 0 N–H and O–H groups in total. The molecule has 3 atom stereocenters. The summed E-state index contributed by atoms with van der Waals surface area (Å²) in [6.45, 7) is 0.971. The first kappa shape index (κ1) is 10.7. The second-order valence-corrected chi connectivity index (χ2v) is 7.02. The highest BCUT2D eigenvalue weighted by Gasteiger charge is 2.44. The van der Waals surface area contributed by atoms with Crippen LogP contribution in [0.25, 0.3) is 0 Å². The third-order valence-corrected chi connectivity index (χ3v) is 6.44. The standard InChI is InChI=1S/C14H19OS/c1-2-6-12(7-3-1)16-11-10-15-13-8-4-5-9-14(13)16/h1-3,6-7,13-14H,4-5,8-11H2/q+1. The van der Waals surface area contributed by atoms with Crippen molar-refractivity contribution >= 4 is 10.9 Å². The Kier molecular flexibility index (Phi) is 3.20. The Morgan fingerprint density at radius 3 is 2.75 bits per heavy atom. The molecule has 1 heterocycles. The van der Waals surface area contributed by atoms with Crippen molar-refractivity contribution in [2.75, 3.05) is 12.4 Å². The fraction of sp³-hybridized carbons (Fsp3) is 0.571. The molecule has 86 valence electrons. The van der Waals surface area contributed by atoms with Crippen LogP contribution >= 0.6 is 0 Å². The average Bonchev–Trinajstić information content (AvgIpc) is 2.39. The van der Waals surface area contributed by atoms with Crippen molar-refractivity contribution in [2.45, 2.75) is 41.9 Å². The van der Waals surface area contributed by atoms with Crippen LogP contribution in [0, 0.1) is 0 Å². The summed E-state index contributed by atoms with van der Waals surface area (Å²) in [6.07, 6.45) is 6.00. The molecule has 2 aliphatic rings. The van der Waals surface area contributed by atoms with Gasteiger partial charge in [-0.3, -0.25) is 0 Å². The topological polar surface area (TPSA) is 9.23 Å². The van der Waals surface area contributed by atoms with E-state index in [2.05, 4.69) is 30.3 Å². The van der Waals surface area contributed by atoms with Crippen LogP contribution in [0.5, 0.6) is 0 Å². The molecule has 0 radical (unpaired) electrons. The molecule has 3 rings (SSSR count). The van der Waals surface area contributed by atoms with Gasteiger partial charge in [-0.05, 0) is 31.4 Å². The normalized spacial score (nSPS) is 34.4. The fourth-order valence-corrected chi connectivity index (χ4v) is 5.61. The van der Waals surface area contributed by atoms with E-state index in [0.29, 0.717) is 17.0 Å². The molecule has 16 heavy (non-hydrogen) atoms. The zero-order chi connectivity index (χ0) is 10.8. The molecule has 1 aliphatic heterocycles. The van der Waals surface area contributed by atoms with Crippen molar-refractivity contribution in [3.63, 3.8) is 0 Å². The summed E-state index contributed by atoms with van der Waals surface area (Å²) >= 11 is 0. The molecule has 1 aliphatic carbocycles. The van der Waals surface area contributed by atoms with E-state index in [1.165, 1.54) is 31.4 Å². The summed E-state index contributed by atoms with van der Waals surface area (Å²) in [4.78, 5) is 1.56. The fourth-order valence-electron chi connectivity index (χ4n) is 2.91. The summed E-state index contributed by atoms with van der Waals surface area (Å²) in [5.41, 5.74) is 0. The molecule has 3 unspecified atom stereocenters. The lowest BCUT2D eigenvalue weighted by Crippen LogP contribution is -2.45. The minimum Gasteiger partial charge on any atom is -0.368 e. The number of ether oxygens (including phenoxy) is 1. The Bertz CT molecular complexity index is 336. The minimum atomic E-state index is 0.450. The van der Waals surface area contributed by atoms with Gasteiger partial charge in [-0.25, -0.2) is 0 Å². The highest BCUT2D eigenvalue weighted by atomic mass is 32.2. The average molecular weight is 235 g/mol. The van der Waals surface area contributed by atoms with Crippen molar-refractivity contribution in [1.82, 2.24) is 0 Å². The Balaban J connectivity index is 1.83. The van der Waals surface area contributed by atoms with Gasteiger partial charge < -0.3 is 4.74 Å². The molecule has 2 heteroatoms. The van der Waals surface area contributed by atoms with Crippen molar-refractivity contribution in [2.24, 2.45) is 0 Å². The van der Waals surface area contributed by atoms with E-state index in [4.69, 9.17) is 4.74 Å². The number of hydrogen-bond acceptors (Lipinski definition) is 1. The highest BCUT2D eigenvalue weighted by molar-refractivity contribution is 7.97. The quantitative estimate of drug-likeness (QED) is 0.680. The number of hydrogen-bond donors (Lipinski definition) is 0. The molecule has 1 saturated heterocycles. The molecular weight excluding hydrogens is 216 g/mol. The number of rotatable bonds is 1. The van der Waals surface area contributed by atoms with Gasteiger partial charge in [0, 0.05) is 10.9 Å². The van der Waals surface area contributed by atoms with Crippen LogP contribution < -0.4 is 0 Å². The first-order valence-electron chi connectivity index (χ1n) is 6.31. The largest absolute Gasteiger partial charge is 0.368 e. The van der Waals surface area contributed by atoms with Gasteiger partial charge in [0.15, 0.2) is 4.90 Å². The van der Waals surface area contributed by atoms with Crippen molar-refractivity contribution in [3.05, 3.63) is 30.3 Å². The van der Waals surface area contributed by atoms with Crippen LogP contribution in [0.15, 0.2) is 35.2 Å². The van der Waals surface area contributed by atoms with Crippen LogP contribution in [0.3, 0.4) is 0 Å². The molecule has 1 saturated carbocycles. The molecule has 0 aromatic heterocycles. The molecule has 0 spiro atoms. The van der Waals surface area contributed by atoms with Gasteiger partial charge in [0.05, 0.1) is 6.61 Å². The van der Waals surface area contributed by atoms with Crippen molar-refractivity contribution < 1.29 is 4.74 Å². The van der Waals surface area contributed by atoms with Crippen LogP contribution in [0.1, 0.15) is 25.7 Å². The van der Waals surface area contributed by atoms with Crippen LogP contribution in [0.4, 0.5) is 0 Å². The van der Waals surface area contributed by atoms with E-state index < -0.39 is 0 Å². The van der Waals surface area contributed by atoms with Gasteiger partial charge in [-0.1, -0.05) is 24.6 Å². The van der Waals surface area contributed by atoms with E-state index in [1.54, 1.807) is 4.90 Å². The third kappa shape index (κ3) is 2.01. The number of fused-ring (bicyclic) bond motifs is 1. The second kappa shape index (κ2) is 4.80. The highest BCUT2D eigenvalue weighted by Crippen LogP contribution is 2.35. The van der Waals surface area contributed by atoms with E-state index in [0.717, 1.165) is 11.9 Å². The molecule has 1 nitrogen and oxygen atoms in total. The molecule has 0 bridgehead atoms. The lowest BCUT2D eigenvalue weighted by Gasteiger charge is -2.34. The molecule has 2 fully saturated rings. The number of benzene rings is 1. The van der Waals surface area contributed by atoms with E-state index in [-0.39, 0.29) is 0 Å². The zero-order valence-electron chi connectivity index (χ0n) is 9.60. The summed E-state index contributed by atoms with van der Waals surface area (Å²) in [5.74, 6) is 1.24. The summed E-state index contributed by atoms with van der Waals surface area (Å²) < 4.78 is 5.94. The lowest BCUT2D eigenvalue weighted by molar-refractivity contribution is 0.0342. The summed E-state index contributed by atoms with van der Waals surface area (Å²) in [7, 11) is 0.450. The molecule has 0 amide bonds. The molecule has 1 aromatic rings. The Hall–Kier alpha value is -0.470. The first-order valence-corrected chi connectivity index (χ1v) is 7.77. The van der Waals surface area contributed by atoms with Crippen LogP contribution in [-0.2, 0) is 15.6 Å². The Morgan fingerprint density at radius 1 is 1.06 bits per heavy atom. The maximum Gasteiger partial charge on any atom is 0.155 e. The maximum atomic E-state index is 5.94. The minimum absolute atomic E-state index is 0.450. The van der Waals surface area contributed by atoms with E-state index >= 15 is 0 Å². The van der Waals surface area contributed by atoms with Gasteiger partial charge in [-0.15, -0.1) is 0 Å². The zero-order valence-corrected chi connectivity index (χ0v) is 10.4. The van der Waals surface area contributed by atoms with Crippen molar-refractivity contribution in [3.8, 4) is 0 Å². The second-order valence-electron chi connectivity index (χ2n) is 4.68. The monoisotopic (exact) mass is 235 g/mol. The van der Waals surface area contributed by atoms with Gasteiger partial charge in [-0.2, -0.15) is 0 Å². The summed E-state index contributed by atoms with van der Waals surface area (Å²) in [6, 6.07) is 11.1. The smallest absolute Gasteiger partial charge is 0.155 e. The van der Waals surface area contributed by atoms with E-state index in [1.807, 2.05) is 0 Å². The van der Waals surface area contributed by atoms with E-state index in [9.17, 15) is 0 Å². The Labute approximate surface area is 101 Å². The molecule has 1 aromatic carbocycles. The predicted molar refractivity (Wildman–Crippen MR) is 68.9 cm³/mol. The summed E-state index contributed by atoms with van der Waals surface area (Å²) in [5, 5.41) is 0.810.